The molecule has 1 N–H and O–H groups in total. The van der Waals surface area contributed by atoms with Crippen molar-refractivity contribution in [3.63, 3.8) is 0 Å². The molecule has 0 bridgehead atoms. The Bertz CT molecular complexity index is 1030. The van der Waals surface area contributed by atoms with E-state index in [-0.39, 0.29) is 0 Å². The van der Waals surface area contributed by atoms with Crippen molar-refractivity contribution < 1.29 is 14.2 Å². The number of benzene rings is 3. The molecule has 0 atom stereocenters. The number of aryl methyl sites for hydroxylation is 1. The van der Waals surface area contributed by atoms with Crippen LogP contribution in [0.15, 0.2) is 65.1 Å². The van der Waals surface area contributed by atoms with Gasteiger partial charge in [0, 0.05) is 35.5 Å². The minimum atomic E-state index is 0.503. The Morgan fingerprint density at radius 2 is 1.72 bits per heavy atom. The molecule has 168 valence electrons. The monoisotopic (exact) mass is 496 g/mol. The Morgan fingerprint density at radius 1 is 0.969 bits per heavy atom. The summed E-state index contributed by atoms with van der Waals surface area (Å²) in [4.78, 5) is 2.35. The fourth-order valence-electron chi connectivity index (χ4n) is 3.72. The number of morpholine rings is 1. The Labute approximate surface area is 198 Å². The van der Waals surface area contributed by atoms with Gasteiger partial charge in [-0.2, -0.15) is 0 Å². The highest BCUT2D eigenvalue weighted by molar-refractivity contribution is 9.10. The third-order valence-electron chi connectivity index (χ3n) is 5.70. The van der Waals surface area contributed by atoms with Crippen molar-refractivity contribution in [3.05, 3.63) is 81.8 Å². The molecule has 32 heavy (non-hydrogen) atoms. The molecule has 5 nitrogen and oxygen atoms in total. The van der Waals surface area contributed by atoms with Gasteiger partial charge in [0.25, 0.3) is 0 Å². The largest absolute Gasteiger partial charge is 0.493 e. The van der Waals surface area contributed by atoms with Gasteiger partial charge in [0.2, 0.25) is 0 Å². The van der Waals surface area contributed by atoms with E-state index >= 15 is 0 Å². The second-order valence-electron chi connectivity index (χ2n) is 7.81. The minimum Gasteiger partial charge on any atom is -0.493 e. The fourth-order valence-corrected chi connectivity index (χ4v) is 4.18. The van der Waals surface area contributed by atoms with Crippen molar-refractivity contribution in [3.8, 4) is 11.5 Å². The molecule has 1 aliphatic rings. The second kappa shape index (κ2) is 10.7. The molecular weight excluding hydrogens is 468 g/mol. The zero-order chi connectivity index (χ0) is 22.3. The predicted octanol–water partition coefficient (Wildman–Crippen LogP) is 5.79. The van der Waals surface area contributed by atoms with Gasteiger partial charge in [-0.15, -0.1) is 0 Å². The predicted molar refractivity (Wildman–Crippen MR) is 133 cm³/mol. The molecule has 0 radical (unpaired) electrons. The second-order valence-corrected chi connectivity index (χ2v) is 8.66. The van der Waals surface area contributed by atoms with E-state index in [2.05, 4.69) is 69.5 Å². The standard InChI is InChI=1S/C26H29BrN2O3/c1-19-5-3-4-6-20(19)18-32-26-16-24(27)21(15-25(26)30-2)17-28-22-7-9-23(10-8-22)29-11-13-31-14-12-29/h3-10,15-16,28H,11-14,17-18H2,1-2H3. The van der Waals surface area contributed by atoms with Crippen LogP contribution in [-0.4, -0.2) is 33.4 Å². The molecule has 0 aromatic heterocycles. The lowest BCUT2D eigenvalue weighted by atomic mass is 10.1. The number of anilines is 2. The van der Waals surface area contributed by atoms with Crippen LogP contribution in [0, 0.1) is 6.92 Å². The maximum Gasteiger partial charge on any atom is 0.162 e. The summed E-state index contributed by atoms with van der Waals surface area (Å²) in [6.45, 7) is 6.74. The maximum absolute atomic E-state index is 6.08. The van der Waals surface area contributed by atoms with Gasteiger partial charge in [-0.3, -0.25) is 0 Å². The quantitative estimate of drug-likeness (QED) is 0.427. The van der Waals surface area contributed by atoms with Gasteiger partial charge in [0.05, 0.1) is 20.3 Å². The van der Waals surface area contributed by atoms with Gasteiger partial charge in [-0.05, 0) is 60.0 Å². The molecule has 0 spiro atoms. The lowest BCUT2D eigenvalue weighted by molar-refractivity contribution is 0.122. The molecule has 1 aliphatic heterocycles. The minimum absolute atomic E-state index is 0.503. The first-order chi connectivity index (χ1) is 15.6. The molecule has 0 saturated carbocycles. The van der Waals surface area contributed by atoms with Crippen molar-refractivity contribution in [2.24, 2.45) is 0 Å². The number of methoxy groups -OCH3 is 1. The molecule has 0 aliphatic carbocycles. The Balaban J connectivity index is 1.40. The van der Waals surface area contributed by atoms with E-state index in [1.165, 1.54) is 11.3 Å². The zero-order valence-electron chi connectivity index (χ0n) is 18.6. The molecule has 1 saturated heterocycles. The van der Waals surface area contributed by atoms with E-state index in [4.69, 9.17) is 14.2 Å². The van der Waals surface area contributed by atoms with Crippen LogP contribution >= 0.6 is 15.9 Å². The van der Waals surface area contributed by atoms with Crippen LogP contribution in [-0.2, 0) is 17.9 Å². The van der Waals surface area contributed by atoms with Gasteiger partial charge in [0.15, 0.2) is 11.5 Å². The highest BCUT2D eigenvalue weighted by Gasteiger charge is 2.13. The molecule has 3 aromatic rings. The van der Waals surface area contributed by atoms with Crippen molar-refractivity contribution in [2.75, 3.05) is 43.6 Å². The summed E-state index contributed by atoms with van der Waals surface area (Å²) in [5.74, 6) is 1.45. The van der Waals surface area contributed by atoms with E-state index < -0.39 is 0 Å². The first-order valence-corrected chi connectivity index (χ1v) is 11.6. The van der Waals surface area contributed by atoms with Gasteiger partial charge in [0.1, 0.15) is 6.61 Å². The maximum atomic E-state index is 6.08. The Hall–Kier alpha value is -2.70. The third-order valence-corrected chi connectivity index (χ3v) is 6.44. The van der Waals surface area contributed by atoms with Crippen LogP contribution in [0.1, 0.15) is 16.7 Å². The van der Waals surface area contributed by atoms with E-state index in [9.17, 15) is 0 Å². The number of nitrogens with one attached hydrogen (secondary N) is 1. The van der Waals surface area contributed by atoms with Crippen molar-refractivity contribution in [1.82, 2.24) is 0 Å². The van der Waals surface area contributed by atoms with Crippen LogP contribution in [0.4, 0.5) is 11.4 Å². The van der Waals surface area contributed by atoms with E-state index in [0.717, 1.165) is 59.1 Å². The summed E-state index contributed by atoms with van der Waals surface area (Å²) >= 11 is 3.69. The molecule has 3 aromatic carbocycles. The Kier molecular flexibility index (Phi) is 7.55. The first kappa shape index (κ1) is 22.5. The average Bonchev–Trinajstić information content (AvgIpc) is 2.84. The van der Waals surface area contributed by atoms with E-state index in [1.54, 1.807) is 7.11 Å². The molecule has 4 rings (SSSR count). The fraction of sp³-hybridized carbons (Fsp3) is 0.308. The first-order valence-electron chi connectivity index (χ1n) is 10.8. The van der Waals surface area contributed by atoms with E-state index in [1.807, 2.05) is 24.3 Å². The number of halogens is 1. The smallest absolute Gasteiger partial charge is 0.162 e. The normalized spacial score (nSPS) is 13.7. The van der Waals surface area contributed by atoms with Crippen LogP contribution in [0.25, 0.3) is 0 Å². The highest BCUT2D eigenvalue weighted by atomic mass is 79.9. The topological polar surface area (TPSA) is 43.0 Å². The summed E-state index contributed by atoms with van der Waals surface area (Å²) in [6, 6.07) is 20.8. The molecule has 0 amide bonds. The van der Waals surface area contributed by atoms with Crippen LogP contribution in [0.5, 0.6) is 11.5 Å². The lowest BCUT2D eigenvalue weighted by Crippen LogP contribution is -2.36. The van der Waals surface area contributed by atoms with Gasteiger partial charge < -0.3 is 24.4 Å². The zero-order valence-corrected chi connectivity index (χ0v) is 20.2. The molecule has 1 heterocycles. The van der Waals surface area contributed by atoms with Crippen molar-refractivity contribution in [2.45, 2.75) is 20.1 Å². The summed E-state index contributed by atoms with van der Waals surface area (Å²) in [5, 5.41) is 3.50. The Morgan fingerprint density at radius 3 is 2.44 bits per heavy atom. The van der Waals surface area contributed by atoms with Crippen LogP contribution in [0.3, 0.4) is 0 Å². The number of hydrogen-bond acceptors (Lipinski definition) is 5. The SMILES string of the molecule is COc1cc(CNc2ccc(N3CCOCC3)cc2)c(Br)cc1OCc1ccccc1C. The number of hydrogen-bond donors (Lipinski definition) is 1. The molecule has 1 fully saturated rings. The highest BCUT2D eigenvalue weighted by Crippen LogP contribution is 2.34. The molecule has 6 heteroatoms. The van der Waals surface area contributed by atoms with E-state index in [0.29, 0.717) is 13.2 Å². The summed E-state index contributed by atoms with van der Waals surface area (Å²) < 4.78 is 18.1. The number of nitrogens with zero attached hydrogens (tertiary/aromatic N) is 1. The number of ether oxygens (including phenoxy) is 3. The van der Waals surface area contributed by atoms with Crippen LogP contribution < -0.4 is 19.7 Å². The van der Waals surface area contributed by atoms with Crippen molar-refractivity contribution >= 4 is 27.3 Å². The van der Waals surface area contributed by atoms with Crippen molar-refractivity contribution in [1.29, 1.82) is 0 Å². The summed E-state index contributed by atoms with van der Waals surface area (Å²) in [7, 11) is 1.67. The number of rotatable bonds is 8. The van der Waals surface area contributed by atoms with Crippen LogP contribution in [0.2, 0.25) is 0 Å². The molecular formula is C26H29BrN2O3. The molecule has 0 unspecified atom stereocenters. The average molecular weight is 497 g/mol. The lowest BCUT2D eigenvalue weighted by Gasteiger charge is -2.29. The summed E-state index contributed by atoms with van der Waals surface area (Å²) in [6.07, 6.45) is 0. The third kappa shape index (κ3) is 5.56. The summed E-state index contributed by atoms with van der Waals surface area (Å²) in [5.41, 5.74) is 5.79. The van der Waals surface area contributed by atoms with Gasteiger partial charge >= 0.3 is 0 Å². The van der Waals surface area contributed by atoms with Gasteiger partial charge in [-0.1, -0.05) is 40.2 Å². The van der Waals surface area contributed by atoms with Gasteiger partial charge in [-0.25, -0.2) is 0 Å².